The third-order valence-electron chi connectivity index (χ3n) is 5.71. The minimum absolute atomic E-state index is 0.00527. The van der Waals surface area contributed by atoms with Gasteiger partial charge < -0.3 is 19.3 Å². The summed E-state index contributed by atoms with van der Waals surface area (Å²) < 4.78 is 11.0. The van der Waals surface area contributed by atoms with Gasteiger partial charge in [0.25, 0.3) is 5.91 Å². The molecule has 7 heteroatoms. The van der Waals surface area contributed by atoms with Gasteiger partial charge in [-0.05, 0) is 48.4 Å². The van der Waals surface area contributed by atoms with Gasteiger partial charge in [0.15, 0.2) is 11.8 Å². The molecule has 2 aromatic carbocycles. The Bertz CT molecular complexity index is 1070. The van der Waals surface area contributed by atoms with Crippen molar-refractivity contribution in [3.8, 4) is 5.75 Å². The second-order valence-corrected chi connectivity index (χ2v) is 8.69. The number of amides is 1. The summed E-state index contributed by atoms with van der Waals surface area (Å²) in [6, 6.07) is 18.5. The Kier molecular flexibility index (Phi) is 6.01. The molecule has 0 aliphatic carbocycles. The summed E-state index contributed by atoms with van der Waals surface area (Å²) in [5.74, 6) is 0.679. The lowest BCUT2D eigenvalue weighted by Crippen LogP contribution is -2.42. The lowest BCUT2D eigenvalue weighted by Gasteiger charge is -2.33. The van der Waals surface area contributed by atoms with Crippen molar-refractivity contribution in [2.45, 2.75) is 13.0 Å². The van der Waals surface area contributed by atoms with Crippen LogP contribution in [0.25, 0.3) is 5.70 Å². The van der Waals surface area contributed by atoms with Crippen molar-refractivity contribution in [2.24, 2.45) is 4.99 Å². The van der Waals surface area contributed by atoms with E-state index in [9.17, 15) is 4.79 Å². The lowest BCUT2D eigenvalue weighted by atomic mass is 10.0. The van der Waals surface area contributed by atoms with Crippen molar-refractivity contribution in [1.29, 1.82) is 0 Å². The predicted molar refractivity (Wildman–Crippen MR) is 127 cm³/mol. The highest BCUT2D eigenvalue weighted by Crippen LogP contribution is 2.43. The van der Waals surface area contributed by atoms with E-state index in [4.69, 9.17) is 14.5 Å². The minimum Gasteiger partial charge on any atom is -0.484 e. The number of carbonyl (C=O) groups is 1. The smallest absolute Gasteiger partial charge is 0.260 e. The first-order valence-corrected chi connectivity index (χ1v) is 11.6. The third-order valence-corrected chi connectivity index (χ3v) is 6.55. The van der Waals surface area contributed by atoms with Crippen LogP contribution in [0.15, 0.2) is 76.8 Å². The molecule has 32 heavy (non-hydrogen) atoms. The van der Waals surface area contributed by atoms with E-state index in [-0.39, 0.29) is 18.6 Å². The minimum atomic E-state index is -0.00527. The first-order valence-electron chi connectivity index (χ1n) is 10.8. The molecule has 0 aromatic heterocycles. The van der Waals surface area contributed by atoms with Gasteiger partial charge in [-0.15, -0.1) is 0 Å². The summed E-state index contributed by atoms with van der Waals surface area (Å²) in [5, 5.41) is 3.14. The number of thioether (sulfide) groups is 1. The molecule has 0 spiro atoms. The Morgan fingerprint density at radius 3 is 2.62 bits per heavy atom. The van der Waals surface area contributed by atoms with E-state index in [1.807, 2.05) is 37.3 Å². The molecule has 3 aliphatic rings. The molecule has 0 N–H and O–H groups in total. The molecule has 6 nitrogen and oxygen atoms in total. The van der Waals surface area contributed by atoms with Gasteiger partial charge in [-0.25, -0.2) is 4.99 Å². The molecular formula is C25H25N3O3S. The monoisotopic (exact) mass is 447 g/mol. The van der Waals surface area contributed by atoms with Gasteiger partial charge in [-0.1, -0.05) is 42.1 Å². The summed E-state index contributed by atoms with van der Waals surface area (Å²) in [7, 11) is 0. The van der Waals surface area contributed by atoms with Crippen LogP contribution in [0.4, 0.5) is 0 Å². The van der Waals surface area contributed by atoms with Gasteiger partial charge in [0, 0.05) is 24.2 Å². The SMILES string of the molecule is CC1=CC(c2ccccc2)N2C(c3ccc(OCC(=O)N4CCOCC4)cc3)=CSC2=N1. The van der Waals surface area contributed by atoms with Crippen LogP contribution in [0.1, 0.15) is 24.1 Å². The fourth-order valence-electron chi connectivity index (χ4n) is 4.04. The Morgan fingerprint density at radius 2 is 1.88 bits per heavy atom. The summed E-state index contributed by atoms with van der Waals surface area (Å²) in [5.41, 5.74) is 4.46. The number of hydrogen-bond donors (Lipinski definition) is 0. The molecule has 0 radical (unpaired) electrons. The second kappa shape index (κ2) is 9.22. The number of allylic oxidation sites excluding steroid dienone is 1. The number of benzene rings is 2. The highest BCUT2D eigenvalue weighted by molar-refractivity contribution is 8.16. The van der Waals surface area contributed by atoms with Gasteiger partial charge in [0.1, 0.15) is 5.75 Å². The number of morpholine rings is 1. The molecule has 3 aliphatic heterocycles. The zero-order valence-corrected chi connectivity index (χ0v) is 18.8. The van der Waals surface area contributed by atoms with Crippen LogP contribution in [0.5, 0.6) is 5.75 Å². The number of hydrogen-bond acceptors (Lipinski definition) is 6. The van der Waals surface area contributed by atoms with Crippen LogP contribution in [-0.4, -0.2) is 53.8 Å². The van der Waals surface area contributed by atoms with Crippen molar-refractivity contribution in [3.63, 3.8) is 0 Å². The van der Waals surface area contributed by atoms with Crippen LogP contribution in [0.3, 0.4) is 0 Å². The average Bonchev–Trinajstić information content (AvgIpc) is 3.27. The van der Waals surface area contributed by atoms with Gasteiger partial charge in [-0.3, -0.25) is 4.79 Å². The number of rotatable bonds is 5. The van der Waals surface area contributed by atoms with Crippen LogP contribution >= 0.6 is 11.8 Å². The molecule has 2 aromatic rings. The summed E-state index contributed by atoms with van der Waals surface area (Å²) >= 11 is 1.65. The maximum atomic E-state index is 12.3. The van der Waals surface area contributed by atoms with E-state index in [1.54, 1.807) is 16.7 Å². The molecule has 1 saturated heterocycles. The maximum absolute atomic E-state index is 12.3. The van der Waals surface area contributed by atoms with Gasteiger partial charge in [0.2, 0.25) is 0 Å². The first-order chi connectivity index (χ1) is 15.7. The molecule has 1 amide bonds. The van der Waals surface area contributed by atoms with Crippen LogP contribution < -0.4 is 4.74 Å². The van der Waals surface area contributed by atoms with Crippen LogP contribution in [-0.2, 0) is 9.53 Å². The quantitative estimate of drug-likeness (QED) is 0.685. The van der Waals surface area contributed by atoms with Gasteiger partial charge >= 0.3 is 0 Å². The van der Waals surface area contributed by atoms with E-state index >= 15 is 0 Å². The van der Waals surface area contributed by atoms with Gasteiger partial charge in [-0.2, -0.15) is 0 Å². The fourth-order valence-corrected chi connectivity index (χ4v) is 5.03. The van der Waals surface area contributed by atoms with Crippen LogP contribution in [0, 0.1) is 0 Å². The summed E-state index contributed by atoms with van der Waals surface area (Å²) in [4.78, 5) is 21.1. The summed E-state index contributed by atoms with van der Waals surface area (Å²) in [6.45, 7) is 4.53. The summed E-state index contributed by atoms with van der Waals surface area (Å²) in [6.07, 6.45) is 2.20. The normalized spacial score (nSPS) is 20.3. The Hall–Kier alpha value is -3.03. The Labute approximate surface area is 192 Å². The highest BCUT2D eigenvalue weighted by atomic mass is 32.2. The average molecular weight is 448 g/mol. The van der Waals surface area contributed by atoms with Crippen molar-refractivity contribution >= 4 is 28.5 Å². The topological polar surface area (TPSA) is 54.4 Å². The fraction of sp³-hybridized carbons (Fsp3) is 0.280. The number of nitrogens with zero attached hydrogens (tertiary/aromatic N) is 3. The van der Waals surface area contributed by atoms with E-state index in [0.29, 0.717) is 32.1 Å². The van der Waals surface area contributed by atoms with Crippen molar-refractivity contribution in [2.75, 3.05) is 32.9 Å². The number of carbonyl (C=O) groups excluding carboxylic acids is 1. The van der Waals surface area contributed by atoms with E-state index in [2.05, 4.69) is 40.6 Å². The second-order valence-electron chi connectivity index (χ2n) is 7.86. The lowest BCUT2D eigenvalue weighted by molar-refractivity contribution is -0.137. The van der Waals surface area contributed by atoms with E-state index in [1.165, 1.54) is 5.56 Å². The highest BCUT2D eigenvalue weighted by Gasteiger charge is 2.33. The molecule has 164 valence electrons. The molecule has 1 atom stereocenters. The van der Waals surface area contributed by atoms with E-state index < -0.39 is 0 Å². The maximum Gasteiger partial charge on any atom is 0.260 e. The van der Waals surface area contributed by atoms with Crippen LogP contribution in [0.2, 0.25) is 0 Å². The van der Waals surface area contributed by atoms with Gasteiger partial charge in [0.05, 0.1) is 25.0 Å². The van der Waals surface area contributed by atoms with Crippen molar-refractivity contribution in [3.05, 3.63) is 82.9 Å². The first kappa shape index (κ1) is 20.8. The van der Waals surface area contributed by atoms with E-state index in [0.717, 1.165) is 22.1 Å². The standard InChI is InChI=1S/C25H25N3O3S/c1-18-15-22(19-5-3-2-4-6-19)28-23(17-32-25(28)26-18)20-7-9-21(10-8-20)31-16-24(29)27-11-13-30-14-12-27/h2-10,15,17,22H,11-14,16H2,1H3. The van der Waals surface area contributed by atoms with Crippen molar-refractivity contribution < 1.29 is 14.3 Å². The molecule has 5 rings (SSSR count). The number of fused-ring (bicyclic) bond motifs is 1. The number of aliphatic imine (C=N–C) groups is 1. The molecule has 1 unspecified atom stereocenters. The predicted octanol–water partition coefficient (Wildman–Crippen LogP) is 4.29. The van der Waals surface area contributed by atoms with Crippen molar-refractivity contribution in [1.82, 2.24) is 9.80 Å². The molecule has 3 heterocycles. The molecule has 0 saturated carbocycles. The third kappa shape index (κ3) is 4.31. The largest absolute Gasteiger partial charge is 0.484 e. The Balaban J connectivity index is 1.29. The number of ether oxygens (including phenoxy) is 2. The zero-order chi connectivity index (χ0) is 21.9. The molecule has 1 fully saturated rings. The zero-order valence-electron chi connectivity index (χ0n) is 17.9. The Morgan fingerprint density at radius 1 is 1.12 bits per heavy atom. The molecule has 0 bridgehead atoms. The number of amidine groups is 1. The molecular weight excluding hydrogens is 422 g/mol.